The first-order valence-electron chi connectivity index (χ1n) is 14.1. The normalized spacial score (nSPS) is 16.3. The summed E-state index contributed by atoms with van der Waals surface area (Å²) in [6.45, 7) is 4.62. The molecule has 214 valence electrons. The van der Waals surface area contributed by atoms with Crippen molar-refractivity contribution in [2.45, 2.75) is 70.5 Å². The van der Waals surface area contributed by atoms with Crippen molar-refractivity contribution in [1.29, 1.82) is 0 Å². The second-order valence-corrected chi connectivity index (χ2v) is 13.8. The fourth-order valence-electron chi connectivity index (χ4n) is 5.69. The van der Waals surface area contributed by atoms with Gasteiger partial charge in [-0.3, -0.25) is 19.1 Å². The van der Waals surface area contributed by atoms with Crippen LogP contribution in [0.5, 0.6) is 0 Å². The molecule has 0 saturated heterocycles. The number of fused-ring (bicyclic) bond motifs is 4. The monoisotopic (exact) mass is 608 g/mol. The third kappa shape index (κ3) is 5.72. The van der Waals surface area contributed by atoms with Gasteiger partial charge in [0.25, 0.3) is 5.56 Å². The fraction of sp³-hybridized carbons (Fsp3) is 0.433. The maximum absolute atomic E-state index is 13.9. The van der Waals surface area contributed by atoms with Gasteiger partial charge in [0, 0.05) is 22.1 Å². The number of carbonyl (C=O) groups excluding carboxylic acids is 2. The number of esters is 1. The largest absolute Gasteiger partial charge is 0.462 e. The molecule has 4 aromatic rings. The predicted molar refractivity (Wildman–Crippen MR) is 165 cm³/mol. The lowest BCUT2D eigenvalue weighted by Crippen LogP contribution is -2.25. The Bertz CT molecular complexity index is 1670. The van der Waals surface area contributed by atoms with Crippen LogP contribution in [-0.2, 0) is 41.8 Å². The van der Waals surface area contributed by atoms with E-state index in [1.165, 1.54) is 28.0 Å². The Balaban J connectivity index is 1.29. The van der Waals surface area contributed by atoms with Gasteiger partial charge in [-0.2, -0.15) is 0 Å². The first-order chi connectivity index (χ1) is 19.9. The molecule has 8 nitrogen and oxygen atoms in total. The average Bonchev–Trinajstić information content (AvgIpc) is 3.51. The second kappa shape index (κ2) is 12.1. The van der Waals surface area contributed by atoms with Crippen LogP contribution in [0, 0.1) is 5.92 Å². The first-order valence-corrected chi connectivity index (χ1v) is 16.7. The Morgan fingerprint density at radius 2 is 1.93 bits per heavy atom. The van der Waals surface area contributed by atoms with Crippen LogP contribution in [0.3, 0.4) is 0 Å². The molecule has 2 aliphatic rings. The van der Waals surface area contributed by atoms with Gasteiger partial charge in [-0.05, 0) is 86.6 Å². The maximum atomic E-state index is 13.9. The van der Waals surface area contributed by atoms with Crippen molar-refractivity contribution < 1.29 is 14.3 Å². The van der Waals surface area contributed by atoms with E-state index < -0.39 is 0 Å². The molecule has 41 heavy (non-hydrogen) atoms. The molecular formula is C30H32N4O4S3. The quantitative estimate of drug-likeness (QED) is 0.152. The van der Waals surface area contributed by atoms with E-state index in [0.29, 0.717) is 28.2 Å². The summed E-state index contributed by atoms with van der Waals surface area (Å²) in [6, 6.07) is 3.77. The van der Waals surface area contributed by atoms with Crippen molar-refractivity contribution in [2.24, 2.45) is 5.92 Å². The molecule has 0 spiro atoms. The molecule has 0 fully saturated rings. The van der Waals surface area contributed by atoms with Crippen molar-refractivity contribution >= 4 is 61.5 Å². The first kappa shape index (κ1) is 28.1. The summed E-state index contributed by atoms with van der Waals surface area (Å²) in [5.41, 5.74) is 3.54. The van der Waals surface area contributed by atoms with Crippen molar-refractivity contribution in [3.05, 3.63) is 66.9 Å². The standard InChI is InChI=1S/C30H32N4O4S3/c1-3-38-29(37)25-20-9-8-17(2)14-22(20)41-27(25)32-23(35)16-39-30-33-26-24(19-6-4-5-7-21(19)40-26)28(36)34(30)15-18-10-12-31-13-11-18/h10-13,17H,3-9,14-16H2,1-2H3,(H,32,35). The summed E-state index contributed by atoms with van der Waals surface area (Å²) in [5.74, 6) is -0.0399. The molecule has 0 aromatic carbocycles. The lowest BCUT2D eigenvalue weighted by molar-refractivity contribution is -0.113. The molecule has 4 heterocycles. The molecule has 0 saturated carbocycles. The highest BCUT2D eigenvalue weighted by Gasteiger charge is 2.29. The van der Waals surface area contributed by atoms with E-state index in [0.717, 1.165) is 76.7 Å². The van der Waals surface area contributed by atoms with Gasteiger partial charge in [-0.25, -0.2) is 9.78 Å². The number of ether oxygens (including phenoxy) is 1. The number of nitrogens with one attached hydrogen (secondary N) is 1. The Morgan fingerprint density at radius 1 is 1.12 bits per heavy atom. The van der Waals surface area contributed by atoms with Crippen LogP contribution >= 0.6 is 34.4 Å². The van der Waals surface area contributed by atoms with Gasteiger partial charge >= 0.3 is 5.97 Å². The molecule has 2 aliphatic carbocycles. The Morgan fingerprint density at radius 3 is 2.73 bits per heavy atom. The lowest BCUT2D eigenvalue weighted by atomic mass is 9.88. The molecule has 1 N–H and O–H groups in total. The number of hydrogen-bond donors (Lipinski definition) is 1. The highest BCUT2D eigenvalue weighted by atomic mass is 32.2. The van der Waals surface area contributed by atoms with Crippen LogP contribution in [0.2, 0.25) is 0 Å². The maximum Gasteiger partial charge on any atom is 0.341 e. The van der Waals surface area contributed by atoms with Crippen LogP contribution in [0.15, 0.2) is 34.5 Å². The third-order valence-electron chi connectivity index (χ3n) is 7.71. The smallest absolute Gasteiger partial charge is 0.341 e. The number of hydrogen-bond acceptors (Lipinski definition) is 9. The zero-order valence-corrected chi connectivity index (χ0v) is 25.6. The van der Waals surface area contributed by atoms with E-state index >= 15 is 0 Å². The van der Waals surface area contributed by atoms with E-state index in [9.17, 15) is 14.4 Å². The van der Waals surface area contributed by atoms with Crippen LogP contribution in [0.1, 0.15) is 69.9 Å². The SMILES string of the molecule is CCOC(=O)c1c(NC(=O)CSc2nc3sc4c(c3c(=O)n2Cc2ccncc2)CCCC4)sc2c1CCC(C)C2. The van der Waals surface area contributed by atoms with Crippen molar-refractivity contribution in [3.63, 3.8) is 0 Å². The van der Waals surface area contributed by atoms with Gasteiger partial charge in [0.05, 0.1) is 29.9 Å². The van der Waals surface area contributed by atoms with Gasteiger partial charge in [-0.1, -0.05) is 18.7 Å². The van der Waals surface area contributed by atoms with E-state index in [1.807, 2.05) is 12.1 Å². The number of amides is 1. The molecule has 0 radical (unpaired) electrons. The number of nitrogens with zero attached hydrogens (tertiary/aromatic N) is 3. The Labute approximate surface area is 250 Å². The summed E-state index contributed by atoms with van der Waals surface area (Å²) in [4.78, 5) is 52.2. The van der Waals surface area contributed by atoms with Gasteiger partial charge in [0.2, 0.25) is 5.91 Å². The topological polar surface area (TPSA) is 103 Å². The molecule has 0 bridgehead atoms. The van der Waals surface area contributed by atoms with Gasteiger partial charge in [-0.15, -0.1) is 22.7 Å². The summed E-state index contributed by atoms with van der Waals surface area (Å²) in [7, 11) is 0. The van der Waals surface area contributed by atoms with E-state index in [1.54, 1.807) is 35.2 Å². The van der Waals surface area contributed by atoms with Crippen LogP contribution in [0.25, 0.3) is 10.2 Å². The number of aromatic nitrogens is 3. The predicted octanol–water partition coefficient (Wildman–Crippen LogP) is 5.87. The van der Waals surface area contributed by atoms with E-state index in [2.05, 4.69) is 17.2 Å². The number of thioether (sulfide) groups is 1. The van der Waals surface area contributed by atoms with Crippen molar-refractivity contribution in [1.82, 2.24) is 14.5 Å². The minimum atomic E-state index is -0.387. The van der Waals surface area contributed by atoms with E-state index in [4.69, 9.17) is 9.72 Å². The summed E-state index contributed by atoms with van der Waals surface area (Å²) in [6.07, 6.45) is 10.2. The van der Waals surface area contributed by atoms with Gasteiger partial charge < -0.3 is 10.1 Å². The molecule has 0 aliphatic heterocycles. The second-order valence-electron chi connectivity index (χ2n) is 10.6. The third-order valence-corrected chi connectivity index (χ3v) is 11.0. The number of pyridine rings is 1. The number of thiophene rings is 2. The highest BCUT2D eigenvalue weighted by molar-refractivity contribution is 7.99. The molecule has 1 atom stereocenters. The minimum absolute atomic E-state index is 0.0562. The summed E-state index contributed by atoms with van der Waals surface area (Å²) >= 11 is 4.33. The van der Waals surface area contributed by atoms with Crippen LogP contribution in [-0.4, -0.2) is 38.8 Å². The lowest BCUT2D eigenvalue weighted by Gasteiger charge is -2.18. The molecule has 4 aromatic heterocycles. The Kier molecular flexibility index (Phi) is 8.28. The van der Waals surface area contributed by atoms with Crippen LogP contribution < -0.4 is 10.9 Å². The van der Waals surface area contributed by atoms with Crippen molar-refractivity contribution in [3.8, 4) is 0 Å². The van der Waals surface area contributed by atoms with Crippen LogP contribution in [0.4, 0.5) is 5.00 Å². The molecular weight excluding hydrogens is 577 g/mol. The zero-order chi connectivity index (χ0) is 28.5. The fourth-order valence-corrected chi connectivity index (χ4v) is 9.21. The molecule has 11 heteroatoms. The van der Waals surface area contributed by atoms with Gasteiger partial charge in [0.15, 0.2) is 5.16 Å². The number of anilines is 1. The van der Waals surface area contributed by atoms with Crippen molar-refractivity contribution in [2.75, 3.05) is 17.7 Å². The highest BCUT2D eigenvalue weighted by Crippen LogP contribution is 2.40. The average molecular weight is 609 g/mol. The number of carbonyl (C=O) groups is 2. The molecule has 6 rings (SSSR count). The number of aryl methyl sites for hydroxylation is 2. The summed E-state index contributed by atoms with van der Waals surface area (Å²) in [5, 5.41) is 4.78. The Hall–Kier alpha value is -3.02. The zero-order valence-electron chi connectivity index (χ0n) is 23.2. The number of rotatable bonds is 8. The van der Waals surface area contributed by atoms with Gasteiger partial charge in [0.1, 0.15) is 9.83 Å². The molecule has 1 amide bonds. The minimum Gasteiger partial charge on any atom is -0.462 e. The summed E-state index contributed by atoms with van der Waals surface area (Å²) < 4.78 is 7.04. The molecule has 1 unspecified atom stereocenters. The van der Waals surface area contributed by atoms with E-state index in [-0.39, 0.29) is 29.8 Å².